The van der Waals surface area contributed by atoms with E-state index in [1.54, 1.807) is 24.3 Å². The lowest BCUT2D eigenvalue weighted by Crippen LogP contribution is -2.17. The summed E-state index contributed by atoms with van der Waals surface area (Å²) in [5.74, 6) is -1.06. The smallest absolute Gasteiger partial charge is 0.312 e. The molecule has 1 amide bonds. The molecule has 0 saturated heterocycles. The number of hydrazone groups is 1. The van der Waals surface area contributed by atoms with Gasteiger partial charge in [0.2, 0.25) is 5.75 Å². The number of aromatic hydroxyl groups is 1. The Kier molecular flexibility index (Phi) is 5.30. The zero-order valence-electron chi connectivity index (χ0n) is 11.4. The molecular weight excluding hydrogens is 390 g/mol. The third kappa shape index (κ3) is 4.27. The van der Waals surface area contributed by atoms with E-state index in [-0.39, 0.29) is 10.6 Å². The monoisotopic (exact) mass is 397 g/mol. The molecule has 118 valence electrons. The molecule has 0 aromatic heterocycles. The molecule has 7 nitrogen and oxygen atoms in total. The normalized spacial score (nSPS) is 10.7. The summed E-state index contributed by atoms with van der Waals surface area (Å²) in [6, 6.07) is 8.97. The third-order valence-electron chi connectivity index (χ3n) is 2.74. The third-order valence-corrected chi connectivity index (χ3v) is 3.45. The van der Waals surface area contributed by atoms with E-state index >= 15 is 0 Å². The highest BCUT2D eigenvalue weighted by atomic mass is 79.9. The van der Waals surface area contributed by atoms with Gasteiger partial charge in [-0.15, -0.1) is 0 Å². The number of nitrogens with one attached hydrogen (secondary N) is 1. The molecule has 0 bridgehead atoms. The number of phenols is 1. The van der Waals surface area contributed by atoms with Crippen molar-refractivity contribution in [2.75, 3.05) is 0 Å². The molecule has 0 radical (unpaired) electrons. The fourth-order valence-corrected chi connectivity index (χ4v) is 2.32. The molecule has 0 aliphatic heterocycles. The van der Waals surface area contributed by atoms with Gasteiger partial charge in [0.25, 0.3) is 5.91 Å². The van der Waals surface area contributed by atoms with Gasteiger partial charge in [0.1, 0.15) is 0 Å². The van der Waals surface area contributed by atoms with Crippen LogP contribution in [0.25, 0.3) is 0 Å². The van der Waals surface area contributed by atoms with Crippen molar-refractivity contribution < 1.29 is 14.8 Å². The van der Waals surface area contributed by atoms with E-state index < -0.39 is 22.3 Å². The van der Waals surface area contributed by atoms with Crippen molar-refractivity contribution in [2.24, 2.45) is 5.10 Å². The van der Waals surface area contributed by atoms with Gasteiger partial charge in [-0.1, -0.05) is 33.6 Å². The van der Waals surface area contributed by atoms with Crippen molar-refractivity contribution in [1.29, 1.82) is 0 Å². The van der Waals surface area contributed by atoms with Gasteiger partial charge in [0.15, 0.2) is 0 Å². The second-order valence-corrected chi connectivity index (χ2v) is 5.68. The van der Waals surface area contributed by atoms with E-state index in [1.165, 1.54) is 6.07 Å². The molecule has 2 aromatic carbocycles. The average Bonchev–Trinajstić information content (AvgIpc) is 2.49. The highest BCUT2D eigenvalue weighted by Crippen LogP contribution is 2.32. The Balaban J connectivity index is 2.18. The Morgan fingerprint density at radius 3 is 2.78 bits per heavy atom. The molecule has 2 N–H and O–H groups in total. The lowest BCUT2D eigenvalue weighted by Gasteiger charge is -2.02. The summed E-state index contributed by atoms with van der Waals surface area (Å²) in [7, 11) is 0. The molecule has 0 fully saturated rings. The van der Waals surface area contributed by atoms with Crippen molar-refractivity contribution in [2.45, 2.75) is 0 Å². The first kappa shape index (κ1) is 16.9. The molecule has 0 heterocycles. The maximum atomic E-state index is 11.9. The number of hydrogen-bond acceptors (Lipinski definition) is 5. The minimum Gasteiger partial charge on any atom is -0.502 e. The average molecular weight is 399 g/mol. The van der Waals surface area contributed by atoms with Crippen LogP contribution in [0.15, 0.2) is 46.0 Å². The van der Waals surface area contributed by atoms with Gasteiger partial charge in [-0.25, -0.2) is 5.43 Å². The molecule has 2 aromatic rings. The molecule has 0 aliphatic carbocycles. The van der Waals surface area contributed by atoms with Crippen LogP contribution in [-0.2, 0) is 0 Å². The van der Waals surface area contributed by atoms with E-state index in [2.05, 4.69) is 26.5 Å². The second-order valence-electron chi connectivity index (χ2n) is 4.33. The molecule has 0 unspecified atom stereocenters. The minimum absolute atomic E-state index is 0.0127. The van der Waals surface area contributed by atoms with Gasteiger partial charge in [0, 0.05) is 26.7 Å². The maximum absolute atomic E-state index is 11.9. The quantitative estimate of drug-likeness (QED) is 0.467. The van der Waals surface area contributed by atoms with Crippen LogP contribution < -0.4 is 5.43 Å². The first-order chi connectivity index (χ1) is 10.9. The number of amides is 1. The minimum atomic E-state index is -0.765. The molecule has 0 spiro atoms. The summed E-state index contributed by atoms with van der Waals surface area (Å²) in [6.45, 7) is 0. The SMILES string of the molecule is O=C(NN=Cc1cc(Cl)cc([N+](=O)[O-])c1O)c1cccc(Br)c1. The first-order valence-corrected chi connectivity index (χ1v) is 7.31. The van der Waals surface area contributed by atoms with Crippen molar-refractivity contribution in [1.82, 2.24) is 5.43 Å². The van der Waals surface area contributed by atoms with Gasteiger partial charge in [-0.05, 0) is 24.3 Å². The number of benzene rings is 2. The van der Waals surface area contributed by atoms with Gasteiger partial charge >= 0.3 is 5.69 Å². The maximum Gasteiger partial charge on any atom is 0.312 e. The van der Waals surface area contributed by atoms with Crippen LogP contribution in [0.2, 0.25) is 5.02 Å². The molecule has 23 heavy (non-hydrogen) atoms. The molecule has 0 aliphatic rings. The molecule has 0 atom stereocenters. The number of rotatable bonds is 4. The number of hydrogen-bond donors (Lipinski definition) is 2. The number of nitrogens with zero attached hydrogens (tertiary/aromatic N) is 2. The fourth-order valence-electron chi connectivity index (χ4n) is 1.70. The lowest BCUT2D eigenvalue weighted by atomic mass is 10.2. The van der Waals surface area contributed by atoms with Crippen molar-refractivity contribution in [3.05, 3.63) is 67.1 Å². The molecule has 0 saturated carbocycles. The van der Waals surface area contributed by atoms with E-state index in [0.717, 1.165) is 16.8 Å². The summed E-state index contributed by atoms with van der Waals surface area (Å²) in [5, 5.41) is 24.3. The Labute approximate surface area is 143 Å². The molecule has 9 heteroatoms. The number of nitro benzene ring substituents is 1. The van der Waals surface area contributed by atoms with Crippen LogP contribution in [0, 0.1) is 10.1 Å². The van der Waals surface area contributed by atoms with E-state index in [1.807, 2.05) is 0 Å². The predicted molar refractivity (Wildman–Crippen MR) is 89.0 cm³/mol. The standard InChI is InChI=1S/C14H9BrClN3O4/c15-10-3-1-2-8(4-10)14(21)18-17-7-9-5-11(16)6-12(13(9)20)19(22)23/h1-7,20H,(H,18,21). The van der Waals surface area contributed by atoms with Crippen LogP contribution >= 0.6 is 27.5 Å². The Morgan fingerprint density at radius 2 is 2.13 bits per heavy atom. The summed E-state index contributed by atoms with van der Waals surface area (Å²) >= 11 is 9.00. The highest BCUT2D eigenvalue weighted by molar-refractivity contribution is 9.10. The number of phenolic OH excluding ortho intramolecular Hbond substituents is 1. The zero-order chi connectivity index (χ0) is 17.0. The van der Waals surface area contributed by atoms with Gasteiger partial charge in [-0.2, -0.15) is 5.10 Å². The van der Waals surface area contributed by atoms with Crippen LogP contribution in [0.5, 0.6) is 5.75 Å². The van der Waals surface area contributed by atoms with E-state index in [9.17, 15) is 20.0 Å². The number of carbonyl (C=O) groups excluding carboxylic acids is 1. The second kappa shape index (κ2) is 7.21. The summed E-state index contributed by atoms with van der Waals surface area (Å²) in [4.78, 5) is 21.9. The topological polar surface area (TPSA) is 105 Å². The number of nitro groups is 1. The Morgan fingerprint density at radius 1 is 1.39 bits per heavy atom. The summed E-state index contributed by atoms with van der Waals surface area (Å²) in [5.41, 5.74) is 2.10. The lowest BCUT2D eigenvalue weighted by molar-refractivity contribution is -0.385. The van der Waals surface area contributed by atoms with Crippen molar-refractivity contribution >= 4 is 45.3 Å². The Bertz CT molecular complexity index is 811. The largest absolute Gasteiger partial charge is 0.502 e. The van der Waals surface area contributed by atoms with Gasteiger partial charge in [0.05, 0.1) is 11.1 Å². The van der Waals surface area contributed by atoms with Crippen LogP contribution in [-0.4, -0.2) is 22.2 Å². The van der Waals surface area contributed by atoms with Crippen LogP contribution in [0.1, 0.15) is 15.9 Å². The Hall–Kier alpha value is -2.45. The molecule has 2 rings (SSSR count). The zero-order valence-corrected chi connectivity index (χ0v) is 13.7. The van der Waals surface area contributed by atoms with Gasteiger partial charge < -0.3 is 5.11 Å². The number of halogens is 2. The highest BCUT2D eigenvalue weighted by Gasteiger charge is 2.17. The van der Waals surface area contributed by atoms with Crippen molar-refractivity contribution in [3.63, 3.8) is 0 Å². The van der Waals surface area contributed by atoms with Crippen LogP contribution in [0.3, 0.4) is 0 Å². The van der Waals surface area contributed by atoms with Crippen LogP contribution in [0.4, 0.5) is 5.69 Å². The van der Waals surface area contributed by atoms with Crippen molar-refractivity contribution in [3.8, 4) is 5.75 Å². The molecular formula is C14H9BrClN3O4. The predicted octanol–water partition coefficient (Wildman–Crippen LogP) is 3.48. The summed E-state index contributed by atoms with van der Waals surface area (Å²) in [6.07, 6.45) is 1.07. The van der Waals surface area contributed by atoms with Gasteiger partial charge in [-0.3, -0.25) is 14.9 Å². The number of carbonyl (C=O) groups is 1. The summed E-state index contributed by atoms with van der Waals surface area (Å²) < 4.78 is 0.734. The fraction of sp³-hybridized carbons (Fsp3) is 0. The van der Waals surface area contributed by atoms with E-state index in [0.29, 0.717) is 5.56 Å². The van der Waals surface area contributed by atoms with E-state index in [4.69, 9.17) is 11.6 Å². The first-order valence-electron chi connectivity index (χ1n) is 6.14.